The zero-order chi connectivity index (χ0) is 19.4. The largest absolute Gasteiger partial charge is 0.354 e. The topological polar surface area (TPSA) is 99.0 Å². The molecule has 1 fully saturated rings. The SMILES string of the molecule is Cc1ccc(S(=O)(=O)NCC2CCN(c3nccnc3C#N)CC2)c(C)c1. The van der Waals surface area contributed by atoms with Gasteiger partial charge in [0.1, 0.15) is 6.07 Å². The number of nitriles is 1. The van der Waals surface area contributed by atoms with Gasteiger partial charge in [-0.1, -0.05) is 17.7 Å². The average molecular weight is 385 g/mol. The van der Waals surface area contributed by atoms with Gasteiger partial charge in [0.2, 0.25) is 10.0 Å². The summed E-state index contributed by atoms with van der Waals surface area (Å²) >= 11 is 0. The van der Waals surface area contributed by atoms with Crippen LogP contribution in [0.15, 0.2) is 35.5 Å². The van der Waals surface area contributed by atoms with Crippen molar-refractivity contribution in [1.82, 2.24) is 14.7 Å². The molecule has 0 atom stereocenters. The standard InChI is InChI=1S/C19H23N5O2S/c1-14-3-4-18(15(2)11-14)27(25,26)23-13-16-5-9-24(10-6-16)19-17(12-20)21-7-8-22-19/h3-4,7-8,11,16,23H,5-6,9-10,13H2,1-2H3. The second kappa shape index (κ2) is 8.03. The number of aryl methyl sites for hydroxylation is 2. The highest BCUT2D eigenvalue weighted by Gasteiger charge is 2.24. The number of sulfonamides is 1. The lowest BCUT2D eigenvalue weighted by atomic mass is 9.97. The Balaban J connectivity index is 1.59. The highest BCUT2D eigenvalue weighted by atomic mass is 32.2. The molecule has 1 N–H and O–H groups in total. The lowest BCUT2D eigenvalue weighted by Crippen LogP contribution is -2.39. The molecule has 0 amide bonds. The van der Waals surface area contributed by atoms with Gasteiger partial charge in [-0.25, -0.2) is 23.1 Å². The molecule has 3 rings (SSSR count). The molecule has 142 valence electrons. The normalized spacial score (nSPS) is 15.5. The predicted octanol–water partition coefficient (Wildman–Crippen LogP) is 2.16. The number of piperidine rings is 1. The van der Waals surface area contributed by atoms with Crippen LogP contribution in [0.5, 0.6) is 0 Å². The van der Waals surface area contributed by atoms with Crippen molar-refractivity contribution in [1.29, 1.82) is 5.26 Å². The molecule has 0 spiro atoms. The van der Waals surface area contributed by atoms with Crippen LogP contribution in [0, 0.1) is 31.1 Å². The third-order valence-corrected chi connectivity index (χ3v) is 6.46. The van der Waals surface area contributed by atoms with Crippen LogP contribution in [0.2, 0.25) is 0 Å². The molecule has 0 aliphatic carbocycles. The van der Waals surface area contributed by atoms with Crippen molar-refractivity contribution >= 4 is 15.8 Å². The second-order valence-electron chi connectivity index (χ2n) is 6.89. The molecule has 8 heteroatoms. The molecule has 0 bridgehead atoms. The Bertz CT molecular complexity index is 960. The Morgan fingerprint density at radius 1 is 1.22 bits per heavy atom. The summed E-state index contributed by atoms with van der Waals surface area (Å²) in [7, 11) is -3.51. The first-order valence-electron chi connectivity index (χ1n) is 8.93. The minimum Gasteiger partial charge on any atom is -0.354 e. The number of aromatic nitrogens is 2. The van der Waals surface area contributed by atoms with E-state index in [2.05, 4.69) is 20.8 Å². The smallest absolute Gasteiger partial charge is 0.240 e. The average Bonchev–Trinajstić information content (AvgIpc) is 2.66. The summed E-state index contributed by atoms with van der Waals surface area (Å²) < 4.78 is 28.0. The molecular weight excluding hydrogens is 362 g/mol. The van der Waals surface area contributed by atoms with Crippen molar-refractivity contribution in [3.05, 3.63) is 47.4 Å². The van der Waals surface area contributed by atoms with E-state index in [1.165, 1.54) is 6.20 Å². The molecule has 1 aliphatic rings. The predicted molar refractivity (Wildman–Crippen MR) is 103 cm³/mol. The van der Waals surface area contributed by atoms with E-state index in [0.29, 0.717) is 23.0 Å². The lowest BCUT2D eigenvalue weighted by Gasteiger charge is -2.32. The number of rotatable bonds is 5. The second-order valence-corrected chi connectivity index (χ2v) is 8.63. The van der Waals surface area contributed by atoms with Crippen LogP contribution in [-0.4, -0.2) is 38.0 Å². The van der Waals surface area contributed by atoms with E-state index in [0.717, 1.165) is 37.1 Å². The van der Waals surface area contributed by atoms with E-state index in [9.17, 15) is 8.42 Å². The quantitative estimate of drug-likeness (QED) is 0.847. The number of benzene rings is 1. The van der Waals surface area contributed by atoms with Crippen molar-refractivity contribution < 1.29 is 8.42 Å². The highest BCUT2D eigenvalue weighted by Crippen LogP contribution is 2.23. The highest BCUT2D eigenvalue weighted by molar-refractivity contribution is 7.89. The first kappa shape index (κ1) is 19.3. The van der Waals surface area contributed by atoms with Crippen molar-refractivity contribution in [3.8, 4) is 6.07 Å². The monoisotopic (exact) mass is 385 g/mol. The van der Waals surface area contributed by atoms with E-state index in [1.807, 2.05) is 30.9 Å². The lowest BCUT2D eigenvalue weighted by molar-refractivity contribution is 0.400. The molecule has 1 saturated heterocycles. The molecule has 1 aliphatic heterocycles. The van der Waals surface area contributed by atoms with Crippen LogP contribution in [0.4, 0.5) is 5.82 Å². The van der Waals surface area contributed by atoms with Gasteiger partial charge in [-0.05, 0) is 44.2 Å². The van der Waals surface area contributed by atoms with Crippen molar-refractivity contribution in [2.24, 2.45) is 5.92 Å². The maximum atomic E-state index is 12.6. The van der Waals surface area contributed by atoms with Crippen LogP contribution in [0.1, 0.15) is 29.7 Å². The molecular formula is C19H23N5O2S. The summed E-state index contributed by atoms with van der Waals surface area (Å²) in [5, 5.41) is 9.17. The van der Waals surface area contributed by atoms with Gasteiger partial charge in [0, 0.05) is 32.0 Å². The van der Waals surface area contributed by atoms with Crippen LogP contribution in [0.25, 0.3) is 0 Å². The van der Waals surface area contributed by atoms with Crippen molar-refractivity contribution in [2.75, 3.05) is 24.5 Å². The molecule has 0 unspecified atom stereocenters. The van der Waals surface area contributed by atoms with Gasteiger partial charge in [-0.15, -0.1) is 0 Å². The maximum Gasteiger partial charge on any atom is 0.240 e. The Morgan fingerprint density at radius 2 is 1.93 bits per heavy atom. The van der Waals surface area contributed by atoms with Crippen LogP contribution in [0.3, 0.4) is 0 Å². The zero-order valence-corrected chi connectivity index (χ0v) is 16.3. The third kappa shape index (κ3) is 4.43. The Hall–Kier alpha value is -2.50. The first-order valence-corrected chi connectivity index (χ1v) is 10.4. The number of nitrogens with zero attached hydrogens (tertiary/aromatic N) is 4. The van der Waals surface area contributed by atoms with E-state index >= 15 is 0 Å². The van der Waals surface area contributed by atoms with Crippen LogP contribution >= 0.6 is 0 Å². The van der Waals surface area contributed by atoms with Gasteiger partial charge < -0.3 is 4.90 Å². The number of hydrogen-bond donors (Lipinski definition) is 1. The molecule has 2 aromatic rings. The summed E-state index contributed by atoms with van der Waals surface area (Å²) in [5.41, 5.74) is 2.12. The Morgan fingerprint density at radius 3 is 2.59 bits per heavy atom. The molecule has 27 heavy (non-hydrogen) atoms. The van der Waals surface area contributed by atoms with Gasteiger partial charge in [-0.2, -0.15) is 5.26 Å². The number of nitrogens with one attached hydrogen (secondary N) is 1. The Kier molecular flexibility index (Phi) is 5.73. The molecule has 0 radical (unpaired) electrons. The van der Waals surface area contributed by atoms with Gasteiger partial charge in [0.05, 0.1) is 4.90 Å². The fourth-order valence-electron chi connectivity index (χ4n) is 3.40. The summed E-state index contributed by atoms with van der Waals surface area (Å²) in [6, 6.07) is 7.42. The number of anilines is 1. The van der Waals surface area contributed by atoms with Gasteiger partial charge in [0.25, 0.3) is 0 Å². The molecule has 1 aromatic carbocycles. The molecule has 1 aromatic heterocycles. The van der Waals surface area contributed by atoms with Crippen LogP contribution in [-0.2, 0) is 10.0 Å². The van der Waals surface area contributed by atoms with Gasteiger partial charge in [0.15, 0.2) is 11.5 Å². The number of hydrogen-bond acceptors (Lipinski definition) is 6. The summed E-state index contributed by atoms with van der Waals surface area (Å²) in [6.45, 7) is 5.62. The minimum atomic E-state index is -3.51. The minimum absolute atomic E-state index is 0.254. The van der Waals surface area contributed by atoms with Gasteiger partial charge >= 0.3 is 0 Å². The molecule has 0 saturated carbocycles. The first-order chi connectivity index (χ1) is 12.9. The van der Waals surface area contributed by atoms with E-state index in [1.54, 1.807) is 12.3 Å². The third-order valence-electron chi connectivity index (χ3n) is 4.88. The summed E-state index contributed by atoms with van der Waals surface area (Å²) in [5.74, 6) is 0.860. The van der Waals surface area contributed by atoms with E-state index in [4.69, 9.17) is 5.26 Å². The zero-order valence-electron chi connectivity index (χ0n) is 15.5. The summed E-state index contributed by atoms with van der Waals surface area (Å²) in [4.78, 5) is 10.7. The Labute approximate surface area is 160 Å². The van der Waals surface area contributed by atoms with E-state index in [-0.39, 0.29) is 5.92 Å². The van der Waals surface area contributed by atoms with E-state index < -0.39 is 10.0 Å². The fraction of sp³-hybridized carbons (Fsp3) is 0.421. The van der Waals surface area contributed by atoms with Crippen LogP contribution < -0.4 is 9.62 Å². The molecule has 2 heterocycles. The summed E-state index contributed by atoms with van der Waals surface area (Å²) in [6.07, 6.45) is 4.75. The fourth-order valence-corrected chi connectivity index (χ4v) is 4.74. The molecule has 7 nitrogen and oxygen atoms in total. The maximum absolute atomic E-state index is 12.6. The van der Waals surface area contributed by atoms with Crippen molar-refractivity contribution in [2.45, 2.75) is 31.6 Å². The van der Waals surface area contributed by atoms with Gasteiger partial charge in [-0.3, -0.25) is 0 Å². The van der Waals surface area contributed by atoms with Crippen molar-refractivity contribution in [3.63, 3.8) is 0 Å².